The maximum atomic E-state index is 12.2. The molecule has 0 saturated heterocycles. The molecule has 0 fully saturated rings. The molecule has 0 atom stereocenters. The highest BCUT2D eigenvalue weighted by Crippen LogP contribution is 2.28. The minimum Gasteiger partial charge on any atom is -0.497 e. The van der Waals surface area contributed by atoms with Gasteiger partial charge in [0.2, 0.25) is 17.7 Å². The van der Waals surface area contributed by atoms with E-state index in [9.17, 15) is 4.79 Å². The molecule has 0 unspecified atom stereocenters. The molecule has 1 N–H and O–H groups in total. The predicted molar refractivity (Wildman–Crippen MR) is 107 cm³/mol. The number of carbonyl (C=O) groups excluding carboxylic acids is 1. The monoisotopic (exact) mass is 379 g/mol. The van der Waals surface area contributed by atoms with Crippen molar-refractivity contribution in [3.8, 4) is 17.2 Å². The summed E-state index contributed by atoms with van der Waals surface area (Å²) in [7, 11) is 1.60. The second-order valence-electron chi connectivity index (χ2n) is 7.26. The molecule has 28 heavy (non-hydrogen) atoms. The van der Waals surface area contributed by atoms with Crippen molar-refractivity contribution in [3.63, 3.8) is 0 Å². The Hall–Kier alpha value is -3.15. The van der Waals surface area contributed by atoms with Crippen LogP contribution in [-0.2, 0) is 16.8 Å². The van der Waals surface area contributed by atoms with Crippen molar-refractivity contribution in [2.24, 2.45) is 0 Å². The predicted octanol–water partition coefficient (Wildman–Crippen LogP) is 4.12. The fourth-order valence-electron chi connectivity index (χ4n) is 2.92. The smallest absolute Gasteiger partial charge is 0.247 e. The van der Waals surface area contributed by atoms with Gasteiger partial charge in [0.15, 0.2) is 0 Å². The third kappa shape index (κ3) is 4.97. The number of ether oxygens (including phenoxy) is 1. The molecule has 0 spiro atoms. The maximum Gasteiger partial charge on any atom is 0.247 e. The van der Waals surface area contributed by atoms with E-state index in [1.807, 2.05) is 42.5 Å². The van der Waals surface area contributed by atoms with Crippen molar-refractivity contribution < 1.29 is 13.9 Å². The second-order valence-corrected chi connectivity index (χ2v) is 7.26. The highest BCUT2D eigenvalue weighted by molar-refractivity contribution is 5.75. The van der Waals surface area contributed by atoms with E-state index >= 15 is 0 Å². The molecule has 2 aromatic carbocycles. The van der Waals surface area contributed by atoms with E-state index in [2.05, 4.69) is 41.5 Å². The van der Waals surface area contributed by atoms with Gasteiger partial charge in [-0.2, -0.15) is 0 Å². The summed E-state index contributed by atoms with van der Waals surface area (Å²) in [6, 6.07) is 17.6. The molecule has 1 amide bonds. The van der Waals surface area contributed by atoms with Crippen LogP contribution in [0.15, 0.2) is 59.0 Å². The number of benzene rings is 2. The van der Waals surface area contributed by atoms with Gasteiger partial charge < -0.3 is 14.5 Å². The lowest BCUT2D eigenvalue weighted by Gasteiger charge is -2.24. The number of nitrogens with zero attached hydrogens (tertiary/aromatic N) is 2. The van der Waals surface area contributed by atoms with E-state index in [4.69, 9.17) is 9.15 Å². The van der Waals surface area contributed by atoms with Crippen LogP contribution in [-0.4, -0.2) is 23.2 Å². The highest BCUT2D eigenvalue weighted by Gasteiger charge is 2.21. The van der Waals surface area contributed by atoms with Crippen LogP contribution in [0.25, 0.3) is 11.5 Å². The zero-order valence-corrected chi connectivity index (χ0v) is 16.4. The maximum absolute atomic E-state index is 12.2. The Kier molecular flexibility index (Phi) is 6.09. The summed E-state index contributed by atoms with van der Waals surface area (Å²) < 4.78 is 10.8. The number of carbonyl (C=O) groups is 1. The molecule has 146 valence electrons. The lowest BCUT2D eigenvalue weighted by molar-refractivity contribution is -0.121. The molecule has 0 aliphatic heterocycles. The molecule has 3 aromatic rings. The molecule has 0 saturated carbocycles. The Bertz CT molecular complexity index is 920. The first-order valence-electron chi connectivity index (χ1n) is 9.27. The summed E-state index contributed by atoms with van der Waals surface area (Å²) in [5, 5.41) is 10.9. The Morgan fingerprint density at radius 2 is 1.89 bits per heavy atom. The average molecular weight is 379 g/mol. The van der Waals surface area contributed by atoms with Crippen molar-refractivity contribution in [1.29, 1.82) is 0 Å². The zero-order chi connectivity index (χ0) is 20.0. The van der Waals surface area contributed by atoms with Gasteiger partial charge in [-0.05, 0) is 35.6 Å². The number of hydrogen-bond acceptors (Lipinski definition) is 5. The van der Waals surface area contributed by atoms with Crippen LogP contribution in [0, 0.1) is 0 Å². The normalized spacial score (nSPS) is 11.2. The van der Waals surface area contributed by atoms with Gasteiger partial charge in [-0.1, -0.05) is 50.2 Å². The van der Waals surface area contributed by atoms with Crippen molar-refractivity contribution in [2.45, 2.75) is 38.6 Å². The topological polar surface area (TPSA) is 77.3 Å². The van der Waals surface area contributed by atoms with Gasteiger partial charge in [0, 0.05) is 12.0 Å². The van der Waals surface area contributed by atoms with Crippen molar-refractivity contribution in [3.05, 3.63) is 66.1 Å². The number of nitrogens with one attached hydrogen (secondary N) is 1. The van der Waals surface area contributed by atoms with Gasteiger partial charge in [-0.3, -0.25) is 4.79 Å². The van der Waals surface area contributed by atoms with Crippen LogP contribution >= 0.6 is 0 Å². The fraction of sp³-hybridized carbons (Fsp3) is 0.318. The molecule has 0 aliphatic carbocycles. The van der Waals surface area contributed by atoms with E-state index in [0.29, 0.717) is 24.0 Å². The highest BCUT2D eigenvalue weighted by atomic mass is 16.5. The first-order chi connectivity index (χ1) is 13.5. The van der Waals surface area contributed by atoms with Crippen LogP contribution in [0.4, 0.5) is 0 Å². The standard InChI is InChI=1S/C22H25N3O3/c1-22(2,17-9-5-4-6-10-17)13-12-19(26)23-15-20-24-25-21(28-20)16-8-7-11-18(14-16)27-3/h4-11,14H,12-13,15H2,1-3H3,(H,23,26). The van der Waals surface area contributed by atoms with E-state index in [-0.39, 0.29) is 17.9 Å². The lowest BCUT2D eigenvalue weighted by atomic mass is 9.80. The number of amides is 1. The summed E-state index contributed by atoms with van der Waals surface area (Å²) in [5.41, 5.74) is 1.93. The van der Waals surface area contributed by atoms with Crippen LogP contribution in [0.1, 0.15) is 38.1 Å². The molecule has 6 nitrogen and oxygen atoms in total. The summed E-state index contributed by atoms with van der Waals surface area (Å²) in [4.78, 5) is 12.2. The molecule has 1 aromatic heterocycles. The minimum atomic E-state index is -0.0668. The zero-order valence-electron chi connectivity index (χ0n) is 16.4. The van der Waals surface area contributed by atoms with Crippen molar-refractivity contribution >= 4 is 5.91 Å². The quantitative estimate of drug-likeness (QED) is 0.637. The van der Waals surface area contributed by atoms with Gasteiger partial charge in [0.25, 0.3) is 0 Å². The Labute approximate surface area is 164 Å². The average Bonchev–Trinajstić information content (AvgIpc) is 3.21. The van der Waals surface area contributed by atoms with Crippen LogP contribution in [0.2, 0.25) is 0 Å². The van der Waals surface area contributed by atoms with E-state index < -0.39 is 0 Å². The van der Waals surface area contributed by atoms with Gasteiger partial charge in [-0.15, -0.1) is 10.2 Å². The third-order valence-corrected chi connectivity index (χ3v) is 4.75. The molecule has 3 rings (SSSR count). The van der Waals surface area contributed by atoms with Crippen LogP contribution < -0.4 is 10.1 Å². The van der Waals surface area contributed by atoms with Crippen LogP contribution in [0.3, 0.4) is 0 Å². The first-order valence-corrected chi connectivity index (χ1v) is 9.27. The van der Waals surface area contributed by atoms with Crippen LogP contribution in [0.5, 0.6) is 5.75 Å². The van der Waals surface area contributed by atoms with E-state index in [1.165, 1.54) is 5.56 Å². The van der Waals surface area contributed by atoms with Gasteiger partial charge >= 0.3 is 0 Å². The number of rotatable bonds is 8. The second kappa shape index (κ2) is 8.69. The molecule has 0 bridgehead atoms. The Balaban J connectivity index is 1.52. The Morgan fingerprint density at radius 1 is 1.11 bits per heavy atom. The van der Waals surface area contributed by atoms with Gasteiger partial charge in [-0.25, -0.2) is 0 Å². The largest absolute Gasteiger partial charge is 0.497 e. The summed E-state index contributed by atoms with van der Waals surface area (Å²) in [6.45, 7) is 4.50. The van der Waals surface area contributed by atoms with E-state index in [0.717, 1.165) is 12.0 Å². The molecule has 0 radical (unpaired) electrons. The van der Waals surface area contributed by atoms with Gasteiger partial charge in [0.05, 0.1) is 13.7 Å². The van der Waals surface area contributed by atoms with Gasteiger partial charge in [0.1, 0.15) is 5.75 Å². The molecule has 6 heteroatoms. The minimum absolute atomic E-state index is 0.0369. The van der Waals surface area contributed by atoms with E-state index in [1.54, 1.807) is 7.11 Å². The summed E-state index contributed by atoms with van der Waals surface area (Å²) >= 11 is 0. The molecular formula is C22H25N3O3. The molecule has 1 heterocycles. The summed E-state index contributed by atoms with van der Waals surface area (Å²) in [6.07, 6.45) is 1.18. The lowest BCUT2D eigenvalue weighted by Crippen LogP contribution is -2.26. The number of methoxy groups -OCH3 is 1. The third-order valence-electron chi connectivity index (χ3n) is 4.75. The molecule has 0 aliphatic rings. The van der Waals surface area contributed by atoms with Crippen molar-refractivity contribution in [1.82, 2.24) is 15.5 Å². The number of hydrogen-bond donors (Lipinski definition) is 1. The molecular weight excluding hydrogens is 354 g/mol. The summed E-state index contributed by atoms with van der Waals surface area (Å²) in [5.74, 6) is 1.44. The number of aromatic nitrogens is 2. The first kappa shape index (κ1) is 19.6. The Morgan fingerprint density at radius 3 is 2.64 bits per heavy atom. The van der Waals surface area contributed by atoms with Crippen molar-refractivity contribution in [2.75, 3.05) is 7.11 Å². The SMILES string of the molecule is COc1cccc(-c2nnc(CNC(=O)CCC(C)(C)c3ccccc3)o2)c1. The fourth-order valence-corrected chi connectivity index (χ4v) is 2.92.